The molecule has 0 spiro atoms. The lowest BCUT2D eigenvalue weighted by Crippen LogP contribution is -2.60. The molecule has 0 aliphatic carbocycles. The molecule has 57 heavy (non-hydrogen) atoms. The van der Waals surface area contributed by atoms with Crippen molar-refractivity contribution in [3.63, 3.8) is 0 Å². The molecular formula is C42H54N8O7. The van der Waals surface area contributed by atoms with Crippen molar-refractivity contribution < 1.29 is 33.5 Å². The SMILES string of the molecule is COc1ccc(C[C@@H]2NC(=O)[C@H](CC(C)C)NC(=O)[C@@H](Cc3c[nH]c4ccccc34)NC(=O)CN(C(=O)c3cc[nH]c3)C[C@H](C(C)C)NC(=O)[C@@H](C)NC2=O)cc1. The number of para-hydroxylation sites is 1. The van der Waals surface area contributed by atoms with Crippen LogP contribution in [-0.4, -0.2) is 101 Å². The second-order valence-electron chi connectivity index (χ2n) is 15.4. The molecule has 1 aliphatic heterocycles. The van der Waals surface area contributed by atoms with E-state index in [4.69, 9.17) is 4.74 Å². The molecule has 2 aromatic heterocycles. The maximum absolute atomic E-state index is 14.3. The molecule has 1 saturated heterocycles. The van der Waals surface area contributed by atoms with E-state index in [0.29, 0.717) is 16.9 Å². The lowest BCUT2D eigenvalue weighted by Gasteiger charge is -2.32. The molecule has 2 aromatic carbocycles. The molecule has 0 saturated carbocycles. The van der Waals surface area contributed by atoms with Crippen molar-refractivity contribution >= 4 is 46.3 Å². The first-order valence-electron chi connectivity index (χ1n) is 19.3. The van der Waals surface area contributed by atoms with Gasteiger partial charge in [-0.15, -0.1) is 0 Å². The summed E-state index contributed by atoms with van der Waals surface area (Å²) in [4.78, 5) is 91.4. The highest BCUT2D eigenvalue weighted by atomic mass is 16.5. The van der Waals surface area contributed by atoms with E-state index in [2.05, 4.69) is 36.6 Å². The monoisotopic (exact) mass is 782 g/mol. The number of H-pyrrole nitrogens is 2. The standard InChI is InChI=1S/C42H54N8O7/c1-24(2)17-33-40(54)48-34(18-27-11-13-30(57-6)14-12-27)39(53)45-26(5)38(52)49-36(25(3)4)22-50(42(56)28-15-16-43-20-28)23-37(51)46-35(41(55)47-33)19-29-21-44-32-10-8-7-9-31(29)32/h7-16,20-21,24-26,33-36,43-44H,17-19,22-23H2,1-6H3,(H,45,53)(H,46,51)(H,47,55)(H,48,54)(H,49,52)/t26-,33+,34+,35-,36-/m1/s1. The topological polar surface area (TPSA) is 207 Å². The summed E-state index contributed by atoms with van der Waals surface area (Å²) in [6.45, 7) is 8.59. The Morgan fingerprint density at radius 1 is 0.772 bits per heavy atom. The molecule has 1 aliphatic rings. The van der Waals surface area contributed by atoms with Gasteiger partial charge < -0.3 is 46.2 Å². The van der Waals surface area contributed by atoms with Crippen molar-refractivity contribution in [2.45, 2.75) is 84.1 Å². The number of carbonyl (C=O) groups excluding carboxylic acids is 6. The number of methoxy groups -OCH3 is 1. The number of carbonyl (C=O) groups is 6. The van der Waals surface area contributed by atoms with E-state index in [0.717, 1.165) is 16.5 Å². The number of nitrogens with zero attached hydrogens (tertiary/aromatic N) is 1. The van der Waals surface area contributed by atoms with Crippen LogP contribution in [0.4, 0.5) is 0 Å². The molecule has 15 heteroatoms. The lowest BCUT2D eigenvalue weighted by atomic mass is 9.99. The number of hydrogen-bond donors (Lipinski definition) is 7. The molecule has 15 nitrogen and oxygen atoms in total. The summed E-state index contributed by atoms with van der Waals surface area (Å²) in [5, 5.41) is 15.1. The highest BCUT2D eigenvalue weighted by molar-refractivity contribution is 5.98. The van der Waals surface area contributed by atoms with Gasteiger partial charge in [0.2, 0.25) is 29.5 Å². The van der Waals surface area contributed by atoms with Crippen LogP contribution < -0.4 is 31.3 Å². The maximum Gasteiger partial charge on any atom is 0.255 e. The molecule has 5 rings (SSSR count). The quantitative estimate of drug-likeness (QED) is 0.135. The summed E-state index contributed by atoms with van der Waals surface area (Å²) in [6.07, 6.45) is 5.23. The van der Waals surface area contributed by atoms with Crippen molar-refractivity contribution in [2.75, 3.05) is 20.2 Å². The van der Waals surface area contributed by atoms with Crippen LogP contribution in [0.15, 0.2) is 73.2 Å². The smallest absolute Gasteiger partial charge is 0.255 e. The highest BCUT2D eigenvalue weighted by Gasteiger charge is 2.34. The van der Waals surface area contributed by atoms with Crippen molar-refractivity contribution in [2.24, 2.45) is 11.8 Å². The molecule has 0 unspecified atom stereocenters. The maximum atomic E-state index is 14.3. The molecule has 3 heterocycles. The summed E-state index contributed by atoms with van der Waals surface area (Å²) < 4.78 is 5.28. The van der Waals surface area contributed by atoms with Crippen LogP contribution in [0.2, 0.25) is 0 Å². The third-order valence-electron chi connectivity index (χ3n) is 10.1. The van der Waals surface area contributed by atoms with E-state index in [1.807, 2.05) is 52.0 Å². The summed E-state index contributed by atoms with van der Waals surface area (Å²) >= 11 is 0. The Morgan fingerprint density at radius 2 is 1.44 bits per heavy atom. The van der Waals surface area contributed by atoms with Gasteiger partial charge in [-0.05, 0) is 60.6 Å². The van der Waals surface area contributed by atoms with Crippen molar-refractivity contribution in [1.29, 1.82) is 0 Å². The van der Waals surface area contributed by atoms with Crippen LogP contribution >= 0.6 is 0 Å². The molecule has 7 N–H and O–H groups in total. The van der Waals surface area contributed by atoms with Crippen LogP contribution in [0.3, 0.4) is 0 Å². The average molecular weight is 783 g/mol. The van der Waals surface area contributed by atoms with Gasteiger partial charge in [0.25, 0.3) is 5.91 Å². The Bertz CT molecular complexity index is 2020. The summed E-state index contributed by atoms with van der Waals surface area (Å²) in [5.41, 5.74) is 2.62. The Labute approximate surface area is 332 Å². The fourth-order valence-corrected chi connectivity index (χ4v) is 6.80. The Hall–Kier alpha value is -6.12. The molecule has 6 amide bonds. The fourth-order valence-electron chi connectivity index (χ4n) is 6.80. The van der Waals surface area contributed by atoms with Gasteiger partial charge in [-0.1, -0.05) is 58.0 Å². The van der Waals surface area contributed by atoms with E-state index in [1.54, 1.807) is 49.8 Å². The van der Waals surface area contributed by atoms with Crippen molar-refractivity contribution in [1.82, 2.24) is 41.5 Å². The normalized spacial score (nSPS) is 21.9. The molecule has 0 radical (unpaired) electrons. The van der Waals surface area contributed by atoms with Gasteiger partial charge in [0.1, 0.15) is 29.9 Å². The fraction of sp³-hybridized carbons (Fsp3) is 0.429. The molecule has 5 atom stereocenters. The Morgan fingerprint density at radius 3 is 2.11 bits per heavy atom. The number of nitrogens with one attached hydrogen (secondary N) is 7. The average Bonchev–Trinajstić information content (AvgIpc) is 3.87. The van der Waals surface area contributed by atoms with Crippen LogP contribution in [0.5, 0.6) is 5.75 Å². The number of ether oxygens (including phenoxy) is 1. The zero-order valence-electron chi connectivity index (χ0n) is 33.3. The summed E-state index contributed by atoms with van der Waals surface area (Å²) in [6, 6.07) is 11.1. The summed E-state index contributed by atoms with van der Waals surface area (Å²) in [7, 11) is 1.54. The van der Waals surface area contributed by atoms with Crippen LogP contribution in [0, 0.1) is 11.8 Å². The number of amides is 6. The van der Waals surface area contributed by atoms with Crippen LogP contribution in [0.25, 0.3) is 10.9 Å². The predicted octanol–water partition coefficient (Wildman–Crippen LogP) is 2.59. The first kappa shape index (κ1) is 42.0. The van der Waals surface area contributed by atoms with Gasteiger partial charge >= 0.3 is 0 Å². The van der Waals surface area contributed by atoms with Gasteiger partial charge in [0, 0.05) is 54.9 Å². The molecule has 1 fully saturated rings. The summed E-state index contributed by atoms with van der Waals surface area (Å²) in [5.74, 6) is -3.06. The molecule has 0 bridgehead atoms. The van der Waals surface area contributed by atoms with Gasteiger partial charge in [0.15, 0.2) is 0 Å². The van der Waals surface area contributed by atoms with E-state index in [9.17, 15) is 28.8 Å². The van der Waals surface area contributed by atoms with E-state index < -0.39 is 72.2 Å². The lowest BCUT2D eigenvalue weighted by molar-refractivity contribution is -0.135. The predicted molar refractivity (Wildman–Crippen MR) is 215 cm³/mol. The third kappa shape index (κ3) is 11.2. The van der Waals surface area contributed by atoms with Crippen LogP contribution in [-0.2, 0) is 36.8 Å². The Kier molecular flexibility index (Phi) is 14.1. The minimum Gasteiger partial charge on any atom is -0.497 e. The van der Waals surface area contributed by atoms with E-state index in [1.165, 1.54) is 18.0 Å². The zero-order chi connectivity index (χ0) is 41.2. The van der Waals surface area contributed by atoms with E-state index >= 15 is 0 Å². The van der Waals surface area contributed by atoms with Crippen LogP contribution in [0.1, 0.15) is 62.5 Å². The highest BCUT2D eigenvalue weighted by Crippen LogP contribution is 2.20. The van der Waals surface area contributed by atoms with Crippen molar-refractivity contribution in [3.05, 3.63) is 89.9 Å². The largest absolute Gasteiger partial charge is 0.497 e. The number of hydrogen-bond acceptors (Lipinski definition) is 7. The second kappa shape index (κ2) is 19.2. The molecule has 4 aromatic rings. The number of aromatic amines is 2. The number of rotatable bonds is 9. The van der Waals surface area contributed by atoms with Gasteiger partial charge in [0.05, 0.1) is 19.2 Å². The first-order valence-corrected chi connectivity index (χ1v) is 19.3. The zero-order valence-corrected chi connectivity index (χ0v) is 33.3. The minimum absolute atomic E-state index is 0.0482. The van der Waals surface area contributed by atoms with Crippen molar-refractivity contribution in [3.8, 4) is 5.75 Å². The van der Waals surface area contributed by atoms with Gasteiger partial charge in [-0.2, -0.15) is 0 Å². The number of aromatic nitrogens is 2. The second-order valence-corrected chi connectivity index (χ2v) is 15.4. The molecule has 304 valence electrons. The Balaban J connectivity index is 1.54. The molecular weight excluding hydrogens is 729 g/mol. The number of fused-ring (bicyclic) bond motifs is 1. The van der Waals surface area contributed by atoms with Gasteiger partial charge in [-0.3, -0.25) is 28.8 Å². The van der Waals surface area contributed by atoms with Gasteiger partial charge in [-0.25, -0.2) is 0 Å². The first-order chi connectivity index (χ1) is 27.2. The third-order valence-corrected chi connectivity index (χ3v) is 10.1. The minimum atomic E-state index is -1.16. The number of benzene rings is 2. The van der Waals surface area contributed by atoms with E-state index in [-0.39, 0.29) is 37.6 Å².